The van der Waals surface area contributed by atoms with Gasteiger partial charge < -0.3 is 9.32 Å². The smallest absolute Gasteiger partial charge is 0.160 e. The SMILES string of the molecule is c1ccc(-c2cccc(N(c3ccc4sc5ccccc5c4c3)c3c4ccc5ccccc5c4cc4c3oc3ccccc34)c2)cc1. The van der Waals surface area contributed by atoms with Gasteiger partial charge in [0.15, 0.2) is 5.58 Å². The number of hydrogen-bond acceptors (Lipinski definition) is 3. The number of hydrogen-bond donors (Lipinski definition) is 0. The lowest BCUT2D eigenvalue weighted by Crippen LogP contribution is -2.11. The van der Waals surface area contributed by atoms with Crippen molar-refractivity contribution in [2.45, 2.75) is 0 Å². The Labute approximate surface area is 275 Å². The molecular formula is C44H27NOS. The van der Waals surface area contributed by atoms with E-state index in [4.69, 9.17) is 4.42 Å². The van der Waals surface area contributed by atoms with Crippen LogP contribution in [0.5, 0.6) is 0 Å². The molecule has 47 heavy (non-hydrogen) atoms. The molecule has 0 radical (unpaired) electrons. The summed E-state index contributed by atoms with van der Waals surface area (Å²) in [6, 6.07) is 59.0. The first-order chi connectivity index (χ1) is 23.3. The molecule has 0 saturated heterocycles. The van der Waals surface area contributed by atoms with Crippen LogP contribution in [-0.4, -0.2) is 0 Å². The first kappa shape index (κ1) is 26.3. The number of fused-ring (bicyclic) bond motifs is 9. The van der Waals surface area contributed by atoms with Crippen LogP contribution < -0.4 is 4.90 Å². The van der Waals surface area contributed by atoms with Gasteiger partial charge in [-0.15, -0.1) is 11.3 Å². The number of furan rings is 1. The molecule has 2 nitrogen and oxygen atoms in total. The average molecular weight is 618 g/mol. The molecule has 0 spiro atoms. The lowest BCUT2D eigenvalue weighted by atomic mass is 9.96. The molecule has 0 unspecified atom stereocenters. The van der Waals surface area contributed by atoms with E-state index < -0.39 is 0 Å². The standard InChI is InChI=1S/C44H27NOS/c1-2-11-28(12-3-1)30-14-10-15-31(25-30)45(32-22-24-42-38(26-32)35-18-7-9-20-41(35)47-42)43-36-23-21-29-13-4-5-16-33(29)37(36)27-39-34-17-6-8-19-40(34)46-44(39)43/h1-27H. The number of nitrogens with zero attached hydrogens (tertiary/aromatic N) is 1. The summed E-state index contributed by atoms with van der Waals surface area (Å²) >= 11 is 1.85. The highest BCUT2D eigenvalue weighted by molar-refractivity contribution is 7.25. The average Bonchev–Trinajstić information content (AvgIpc) is 3.70. The predicted molar refractivity (Wildman–Crippen MR) is 202 cm³/mol. The molecule has 10 aromatic rings. The molecule has 2 heterocycles. The van der Waals surface area contributed by atoms with Crippen molar-refractivity contribution in [3.05, 3.63) is 164 Å². The van der Waals surface area contributed by atoms with Gasteiger partial charge in [0.05, 0.1) is 5.69 Å². The van der Waals surface area contributed by atoms with Crippen LogP contribution in [-0.2, 0) is 0 Å². The number of thiophene rings is 1. The minimum atomic E-state index is 0.884. The van der Waals surface area contributed by atoms with Crippen molar-refractivity contribution in [1.29, 1.82) is 0 Å². The Morgan fingerprint density at radius 2 is 1.13 bits per heavy atom. The fourth-order valence-corrected chi connectivity index (χ4v) is 8.33. The number of benzene rings is 8. The largest absolute Gasteiger partial charge is 0.454 e. The highest BCUT2D eigenvalue weighted by atomic mass is 32.1. The quantitative estimate of drug-likeness (QED) is 0.183. The molecule has 10 rings (SSSR count). The van der Waals surface area contributed by atoms with Gasteiger partial charge in [-0.1, -0.05) is 115 Å². The molecule has 0 aliphatic carbocycles. The fraction of sp³-hybridized carbons (Fsp3) is 0. The third-order valence-corrected chi connectivity index (χ3v) is 10.6. The molecule has 0 bridgehead atoms. The highest BCUT2D eigenvalue weighted by Gasteiger charge is 2.24. The van der Waals surface area contributed by atoms with Crippen LogP contribution in [0.25, 0.3) is 74.8 Å². The molecule has 0 fully saturated rings. The predicted octanol–water partition coefficient (Wildman–Crippen LogP) is 13.4. The van der Waals surface area contributed by atoms with Crippen LogP contribution in [0.4, 0.5) is 17.1 Å². The van der Waals surface area contributed by atoms with Crippen LogP contribution in [0.1, 0.15) is 0 Å². The zero-order valence-corrected chi connectivity index (χ0v) is 26.2. The second-order valence-electron chi connectivity index (χ2n) is 12.1. The molecule has 0 aliphatic heterocycles. The van der Waals surface area contributed by atoms with Gasteiger partial charge in [-0.3, -0.25) is 0 Å². The van der Waals surface area contributed by atoms with E-state index in [1.807, 2.05) is 11.3 Å². The molecule has 0 aliphatic rings. The van der Waals surface area contributed by atoms with Crippen molar-refractivity contribution < 1.29 is 4.42 Å². The van der Waals surface area contributed by atoms with Crippen molar-refractivity contribution in [3.8, 4) is 11.1 Å². The van der Waals surface area contributed by atoms with E-state index in [-0.39, 0.29) is 0 Å². The summed E-state index contributed by atoms with van der Waals surface area (Å²) in [5, 5.41) is 9.60. The Bertz CT molecular complexity index is 2810. The molecule has 0 amide bonds. The van der Waals surface area contributed by atoms with E-state index in [9.17, 15) is 0 Å². The molecule has 0 saturated carbocycles. The van der Waals surface area contributed by atoms with E-state index in [0.29, 0.717) is 0 Å². The van der Waals surface area contributed by atoms with Crippen molar-refractivity contribution in [3.63, 3.8) is 0 Å². The van der Waals surface area contributed by atoms with E-state index in [0.717, 1.165) is 44.4 Å². The van der Waals surface area contributed by atoms with Gasteiger partial charge in [0.1, 0.15) is 5.58 Å². The van der Waals surface area contributed by atoms with Gasteiger partial charge in [-0.2, -0.15) is 0 Å². The third kappa shape index (κ3) is 4.10. The van der Waals surface area contributed by atoms with Gasteiger partial charge in [-0.05, 0) is 75.8 Å². The van der Waals surface area contributed by atoms with Crippen molar-refractivity contribution in [2.75, 3.05) is 4.90 Å². The van der Waals surface area contributed by atoms with Crippen LogP contribution in [0, 0.1) is 0 Å². The van der Waals surface area contributed by atoms with E-state index in [1.54, 1.807) is 0 Å². The zero-order valence-electron chi connectivity index (χ0n) is 25.4. The Balaban J connectivity index is 1.36. The number of rotatable bonds is 4. The summed E-state index contributed by atoms with van der Waals surface area (Å²) in [6.07, 6.45) is 0. The number of anilines is 3. The van der Waals surface area contributed by atoms with Gasteiger partial charge in [0, 0.05) is 47.7 Å². The van der Waals surface area contributed by atoms with Crippen LogP contribution in [0.3, 0.4) is 0 Å². The Morgan fingerprint density at radius 1 is 0.404 bits per heavy atom. The second-order valence-corrected chi connectivity index (χ2v) is 13.2. The molecule has 3 heteroatoms. The molecule has 2 aromatic heterocycles. The monoisotopic (exact) mass is 617 g/mol. The highest BCUT2D eigenvalue weighted by Crippen LogP contribution is 2.49. The van der Waals surface area contributed by atoms with Crippen molar-refractivity contribution in [2.24, 2.45) is 0 Å². The molecule has 220 valence electrons. The maximum Gasteiger partial charge on any atom is 0.160 e. The Kier molecular flexibility index (Phi) is 5.78. The third-order valence-electron chi connectivity index (χ3n) is 9.42. The summed E-state index contributed by atoms with van der Waals surface area (Å²) < 4.78 is 9.43. The van der Waals surface area contributed by atoms with Gasteiger partial charge in [0.25, 0.3) is 0 Å². The van der Waals surface area contributed by atoms with E-state index in [1.165, 1.54) is 47.5 Å². The lowest BCUT2D eigenvalue weighted by molar-refractivity contribution is 0.669. The summed E-state index contributed by atoms with van der Waals surface area (Å²) in [5.74, 6) is 0. The van der Waals surface area contributed by atoms with E-state index in [2.05, 4.69) is 169 Å². The van der Waals surface area contributed by atoms with Crippen LogP contribution in [0.2, 0.25) is 0 Å². The molecule has 8 aromatic carbocycles. The summed E-state index contributed by atoms with van der Waals surface area (Å²) in [5.41, 5.74) is 7.34. The summed E-state index contributed by atoms with van der Waals surface area (Å²) in [6.45, 7) is 0. The first-order valence-electron chi connectivity index (χ1n) is 15.9. The van der Waals surface area contributed by atoms with Crippen molar-refractivity contribution in [1.82, 2.24) is 0 Å². The fourth-order valence-electron chi connectivity index (χ4n) is 7.25. The first-order valence-corrected chi connectivity index (χ1v) is 16.7. The lowest BCUT2D eigenvalue weighted by Gasteiger charge is -2.28. The maximum absolute atomic E-state index is 6.85. The summed E-state index contributed by atoms with van der Waals surface area (Å²) in [4.78, 5) is 2.42. The van der Waals surface area contributed by atoms with Gasteiger partial charge in [0.2, 0.25) is 0 Å². The minimum Gasteiger partial charge on any atom is -0.454 e. The van der Waals surface area contributed by atoms with E-state index >= 15 is 0 Å². The van der Waals surface area contributed by atoms with Crippen LogP contribution in [0.15, 0.2) is 168 Å². The summed E-state index contributed by atoms with van der Waals surface area (Å²) in [7, 11) is 0. The second kappa shape index (κ2) is 10.3. The topological polar surface area (TPSA) is 16.4 Å². The van der Waals surface area contributed by atoms with Gasteiger partial charge in [-0.25, -0.2) is 0 Å². The maximum atomic E-state index is 6.85. The minimum absolute atomic E-state index is 0.884. The van der Waals surface area contributed by atoms with Gasteiger partial charge >= 0.3 is 0 Å². The van der Waals surface area contributed by atoms with Crippen LogP contribution >= 0.6 is 11.3 Å². The Hall–Kier alpha value is -5.90. The Morgan fingerprint density at radius 3 is 2.04 bits per heavy atom. The molecule has 0 N–H and O–H groups in total. The molecular weight excluding hydrogens is 591 g/mol. The normalized spacial score (nSPS) is 11.8. The molecule has 0 atom stereocenters. The number of para-hydroxylation sites is 1. The van der Waals surface area contributed by atoms with Crippen molar-refractivity contribution >= 4 is 92.1 Å². The zero-order chi connectivity index (χ0) is 30.9.